The Labute approximate surface area is 364 Å². The molecule has 1 heterocycles. The summed E-state index contributed by atoms with van der Waals surface area (Å²) in [5.41, 5.74) is -13.6. The van der Waals surface area contributed by atoms with Crippen LogP contribution < -0.4 is 4.90 Å². The smallest absolute Gasteiger partial charge is 0.145 e. The molecule has 1 aromatic heterocycles. The summed E-state index contributed by atoms with van der Waals surface area (Å²) in [6.07, 6.45) is 0. The van der Waals surface area contributed by atoms with E-state index in [4.69, 9.17) is 31.8 Å². The van der Waals surface area contributed by atoms with Gasteiger partial charge in [0.25, 0.3) is 0 Å². The van der Waals surface area contributed by atoms with Gasteiger partial charge in [0.05, 0.1) is 64.7 Å². The molecule has 0 aliphatic heterocycles. The number of para-hydroxylation sites is 2. The predicted molar refractivity (Wildman–Crippen MR) is 228 cm³/mol. The fourth-order valence-corrected chi connectivity index (χ4v) is 5.56. The first-order valence-corrected chi connectivity index (χ1v) is 15.6. The Hall–Kier alpha value is -7.16. The molecule has 0 radical (unpaired) electrons. The van der Waals surface area contributed by atoms with E-state index in [2.05, 4.69) is 0 Å². The van der Waals surface area contributed by atoms with E-state index in [1.165, 1.54) is 0 Å². The average molecular weight is 725 g/mol. The van der Waals surface area contributed by atoms with Gasteiger partial charge in [-0.2, -0.15) is 0 Å². The molecule has 0 aliphatic carbocycles. The lowest BCUT2D eigenvalue weighted by molar-refractivity contribution is 0.670. The lowest BCUT2D eigenvalue weighted by Crippen LogP contribution is -2.11. The van der Waals surface area contributed by atoms with Crippen LogP contribution in [-0.4, -0.2) is 0 Å². The van der Waals surface area contributed by atoms with E-state index in [0.717, 1.165) is 0 Å². The number of rotatable bonds is 7. The molecule has 2 heteroatoms. The van der Waals surface area contributed by atoms with Crippen LogP contribution >= 0.6 is 0 Å². The Morgan fingerprint density at radius 3 is 1.67 bits per heavy atom. The van der Waals surface area contributed by atoms with Gasteiger partial charge in [-0.3, -0.25) is 0 Å². The highest BCUT2D eigenvalue weighted by molar-refractivity contribution is 6.17. The fraction of sp³-hybridized carbons (Fsp3) is 0. The lowest BCUT2D eigenvalue weighted by Gasteiger charge is -2.29. The first-order chi connectivity index (χ1) is 41.4. The maximum absolute atomic E-state index is 10.2. The molecule has 254 valence electrons. The molecule has 2 nitrogen and oxygen atoms in total. The van der Waals surface area contributed by atoms with Crippen molar-refractivity contribution in [1.29, 1.82) is 0 Å². The van der Waals surface area contributed by atoms with Crippen molar-refractivity contribution in [3.05, 3.63) is 211 Å². The van der Waals surface area contributed by atoms with Gasteiger partial charge >= 0.3 is 0 Å². The molecule has 0 unspecified atom stereocenters. The highest BCUT2D eigenvalue weighted by Gasteiger charge is 2.24. The van der Waals surface area contributed by atoms with E-state index < -0.39 is 306 Å². The molecule has 0 aliphatic rings. The van der Waals surface area contributed by atoms with Gasteiger partial charge < -0.3 is 9.32 Å². The van der Waals surface area contributed by atoms with Crippen LogP contribution in [0.4, 0.5) is 17.1 Å². The third-order valence-electron chi connectivity index (χ3n) is 7.93. The molecule has 0 fully saturated rings. The van der Waals surface area contributed by atoms with Crippen molar-refractivity contribution >= 4 is 49.8 Å². The van der Waals surface area contributed by atoms with E-state index in [9.17, 15) is 20.6 Å². The maximum atomic E-state index is 10.2. The molecular weight excluding hydrogens is 655 g/mol. The van der Waals surface area contributed by atoms with E-state index in [0.29, 0.717) is 4.90 Å². The predicted octanol–water partition coefficient (Wildman–Crippen LogP) is 14.9. The summed E-state index contributed by atoms with van der Waals surface area (Å²) in [6, 6.07) is -39.2. The van der Waals surface area contributed by atoms with Crippen LogP contribution in [0.25, 0.3) is 77.2 Å². The van der Waals surface area contributed by atoms with Crippen molar-refractivity contribution in [2.24, 2.45) is 0 Å². The SMILES string of the molecule is [2H]c1c([2H])c([2H])c(-c2c([2H])c([2H])c(-c3c([2H])c([2H])c([2H])c([2H])c3N(c3c([2H])c([2H])c(-c4c([2H])c([2H])c([2H])c([2H])c4[2H])c([2H])c3[2H])c3c([2H])c([2H])c(-c4c([2H])c([2H])c5c([2H])c([2H])c([2H])c([2H])c5c4[2H])c4oc5c([2H])c([2H])c([2H])c([2H])c5c34)c([2H])c2[2H])c([2H])c1[2H]. The van der Waals surface area contributed by atoms with Crippen molar-refractivity contribution in [2.75, 3.05) is 4.90 Å². The van der Waals surface area contributed by atoms with Crippen LogP contribution in [0.5, 0.6) is 0 Å². The highest BCUT2D eigenvalue weighted by Crippen LogP contribution is 2.48. The Kier molecular flexibility index (Phi) is 2.97. The summed E-state index contributed by atoms with van der Waals surface area (Å²) in [4.78, 5) is 0.299. The molecule has 0 atom stereocenters. The second-order valence-corrected chi connectivity index (χ2v) is 11.0. The van der Waals surface area contributed by atoms with Crippen LogP contribution in [0.2, 0.25) is 0 Å². The van der Waals surface area contributed by atoms with Gasteiger partial charge in [0.2, 0.25) is 0 Å². The Balaban J connectivity index is 1.51. The monoisotopic (exact) mass is 724 g/mol. The minimum absolute atomic E-state index is 0.299. The lowest BCUT2D eigenvalue weighted by atomic mass is 9.96. The molecule has 10 aromatic rings. The third-order valence-corrected chi connectivity index (χ3v) is 7.93. The molecule has 9 aromatic carbocycles. The van der Waals surface area contributed by atoms with Crippen molar-refractivity contribution in [3.8, 4) is 44.5 Å². The van der Waals surface area contributed by atoms with Crippen LogP contribution in [0.15, 0.2) is 216 Å². The average Bonchev–Trinajstić information content (AvgIpc) is 1.69. The second-order valence-electron chi connectivity index (χ2n) is 11.0. The van der Waals surface area contributed by atoms with E-state index in [1.54, 1.807) is 0 Å². The van der Waals surface area contributed by atoms with Gasteiger partial charge in [0.15, 0.2) is 0 Å². The van der Waals surface area contributed by atoms with Crippen LogP contribution in [-0.2, 0) is 0 Å². The van der Waals surface area contributed by atoms with Gasteiger partial charge in [-0.05, 0) is 86.5 Å². The molecule has 0 saturated heterocycles. The minimum Gasteiger partial charge on any atom is -0.455 e. The van der Waals surface area contributed by atoms with Crippen molar-refractivity contribution in [1.82, 2.24) is 0 Å². The largest absolute Gasteiger partial charge is 0.455 e. The first-order valence-electron chi connectivity index (χ1n) is 33.1. The molecule has 0 amide bonds. The molecule has 0 saturated carbocycles. The third kappa shape index (κ3) is 5.62. The van der Waals surface area contributed by atoms with E-state index in [1.807, 2.05) is 0 Å². The zero-order chi connectivity index (χ0) is 66.3. The molecule has 0 bridgehead atoms. The highest BCUT2D eigenvalue weighted by atomic mass is 16.3. The summed E-state index contributed by atoms with van der Waals surface area (Å²) in [7, 11) is 0. The van der Waals surface area contributed by atoms with Crippen molar-refractivity contribution in [3.63, 3.8) is 0 Å². The zero-order valence-electron chi connectivity index (χ0n) is 61.9. The quantitative estimate of drug-likeness (QED) is 0.163. The number of furan rings is 1. The number of nitrogens with zero attached hydrogens (tertiary/aromatic N) is 1. The Bertz CT molecular complexity index is 4860. The molecule has 0 N–H and O–H groups in total. The first kappa shape index (κ1) is 11.9. The van der Waals surface area contributed by atoms with Gasteiger partial charge in [-0.15, -0.1) is 0 Å². The fourth-order valence-electron chi connectivity index (χ4n) is 5.56. The van der Waals surface area contributed by atoms with Gasteiger partial charge in [0, 0.05) is 22.2 Å². The topological polar surface area (TPSA) is 16.4 Å². The molecule has 54 heavy (non-hydrogen) atoms. The summed E-state index contributed by atoms with van der Waals surface area (Å²) in [5, 5.41) is -3.16. The number of hydrogen-bond acceptors (Lipinski definition) is 2. The maximum Gasteiger partial charge on any atom is 0.145 e. The van der Waals surface area contributed by atoms with Crippen LogP contribution in [0, 0.1) is 0 Å². The Morgan fingerprint density at radius 2 is 0.926 bits per heavy atom. The summed E-state index contributed by atoms with van der Waals surface area (Å²) in [5.74, 6) is 0. The number of benzene rings is 9. The van der Waals surface area contributed by atoms with Crippen molar-refractivity contribution in [2.45, 2.75) is 0 Å². The van der Waals surface area contributed by atoms with E-state index in [-0.39, 0.29) is 0 Å². The van der Waals surface area contributed by atoms with E-state index >= 15 is 0 Å². The standard InChI is InChI=1S/C52H35NO/c1-3-13-36(14-4-1)39-23-26-41(27-24-39)45-19-9-11-21-48(45)53(44-31-29-40(30-32-44)37-15-5-2-6-16-37)49-34-33-46(43-28-25-38-17-7-8-18-42(38)35-43)52-51(49)47-20-10-12-22-50(47)54-52/h1-35H/i1D,2D,3D,4D,5D,6D,7D,8D,9D,10D,11D,12D,13D,14D,15D,16D,17D,18D,19D,20D,21D,22D,23D,24D,25D,26D,27D,28D,29D,30D,31D,32D,33D,34D,35D. The van der Waals surface area contributed by atoms with Crippen LogP contribution in [0.1, 0.15) is 48.0 Å². The number of anilines is 3. The minimum atomic E-state index is -1.40. The van der Waals surface area contributed by atoms with Gasteiger partial charge in [-0.1, -0.05) is 169 Å². The summed E-state index contributed by atoms with van der Waals surface area (Å²) < 4.78 is 323. The summed E-state index contributed by atoms with van der Waals surface area (Å²) in [6.45, 7) is 0. The van der Waals surface area contributed by atoms with Gasteiger partial charge in [-0.25, -0.2) is 0 Å². The van der Waals surface area contributed by atoms with Gasteiger partial charge in [0.1, 0.15) is 11.2 Å². The molecule has 10 rings (SSSR count). The normalized spacial score (nSPS) is 20.4. The Morgan fingerprint density at radius 1 is 0.370 bits per heavy atom. The zero-order valence-corrected chi connectivity index (χ0v) is 26.9. The second kappa shape index (κ2) is 13.4. The number of fused-ring (bicyclic) bond motifs is 4. The molecular formula is C52H35NO. The van der Waals surface area contributed by atoms with Crippen LogP contribution in [0.3, 0.4) is 0 Å². The molecule has 0 spiro atoms. The van der Waals surface area contributed by atoms with Crippen molar-refractivity contribution < 1.29 is 52.4 Å². The number of hydrogen-bond donors (Lipinski definition) is 0. The summed E-state index contributed by atoms with van der Waals surface area (Å²) >= 11 is 0.